The number of anilines is 1. The topological polar surface area (TPSA) is 71.3 Å². The molecule has 1 N–H and O–H groups in total. The van der Waals surface area contributed by atoms with Gasteiger partial charge < -0.3 is 14.6 Å². The van der Waals surface area contributed by atoms with Gasteiger partial charge in [0.1, 0.15) is 0 Å². The quantitative estimate of drug-likeness (QED) is 0.651. The molecule has 146 valence electrons. The first-order chi connectivity index (χ1) is 13.5. The Morgan fingerprint density at radius 3 is 2.39 bits per heavy atom. The molecule has 1 aromatic heterocycles. The highest BCUT2D eigenvalue weighted by Crippen LogP contribution is 2.26. The summed E-state index contributed by atoms with van der Waals surface area (Å²) < 4.78 is 5.60. The second kappa shape index (κ2) is 9.17. The molecule has 1 heterocycles. The second-order valence-corrected chi connectivity index (χ2v) is 6.99. The Hall–Kier alpha value is -3.15. The van der Waals surface area contributed by atoms with E-state index >= 15 is 0 Å². The van der Waals surface area contributed by atoms with Crippen molar-refractivity contribution in [3.05, 3.63) is 77.5 Å². The van der Waals surface area contributed by atoms with Gasteiger partial charge >= 0.3 is 0 Å². The summed E-state index contributed by atoms with van der Waals surface area (Å²) in [5.41, 5.74) is 3.34. The van der Waals surface area contributed by atoms with Gasteiger partial charge in [0.2, 0.25) is 17.7 Å². The molecule has 0 saturated carbocycles. The van der Waals surface area contributed by atoms with E-state index in [2.05, 4.69) is 44.7 Å². The number of rotatable bonds is 8. The number of carbonyl (C=O) groups is 1. The van der Waals surface area contributed by atoms with Crippen LogP contribution in [0.4, 0.5) is 5.69 Å². The van der Waals surface area contributed by atoms with Crippen molar-refractivity contribution < 1.29 is 9.21 Å². The van der Waals surface area contributed by atoms with Crippen LogP contribution in [0.2, 0.25) is 0 Å². The Labute approximate surface area is 165 Å². The molecule has 3 aromatic rings. The van der Waals surface area contributed by atoms with Crippen molar-refractivity contribution in [2.24, 2.45) is 0 Å². The van der Waals surface area contributed by atoms with Crippen LogP contribution in [-0.4, -0.2) is 36.7 Å². The van der Waals surface area contributed by atoms with Gasteiger partial charge in [-0.25, -0.2) is 0 Å². The van der Waals surface area contributed by atoms with Gasteiger partial charge in [0.05, 0.1) is 5.92 Å². The lowest BCUT2D eigenvalue weighted by Gasteiger charge is -2.14. The molecule has 6 nitrogen and oxygen atoms in total. The third-order valence-electron chi connectivity index (χ3n) is 4.62. The van der Waals surface area contributed by atoms with Crippen LogP contribution in [0.25, 0.3) is 0 Å². The maximum absolute atomic E-state index is 12.5. The molecule has 0 radical (unpaired) electrons. The molecular formula is C22H26N4O2. The predicted octanol–water partition coefficient (Wildman–Crippen LogP) is 3.32. The number of amides is 1. The van der Waals surface area contributed by atoms with Crippen LogP contribution in [0.3, 0.4) is 0 Å². The first-order valence-corrected chi connectivity index (χ1v) is 9.41. The maximum atomic E-state index is 12.5. The van der Waals surface area contributed by atoms with Crippen molar-refractivity contribution in [3.8, 4) is 0 Å². The van der Waals surface area contributed by atoms with E-state index in [1.54, 1.807) is 6.92 Å². The average Bonchev–Trinajstić information content (AvgIpc) is 3.13. The monoisotopic (exact) mass is 378 g/mol. The Morgan fingerprint density at radius 1 is 1.07 bits per heavy atom. The van der Waals surface area contributed by atoms with E-state index in [1.807, 2.05) is 44.4 Å². The van der Waals surface area contributed by atoms with Crippen LogP contribution in [0.1, 0.15) is 35.2 Å². The van der Waals surface area contributed by atoms with E-state index in [4.69, 9.17) is 4.42 Å². The van der Waals surface area contributed by atoms with Crippen molar-refractivity contribution >= 4 is 11.6 Å². The zero-order valence-corrected chi connectivity index (χ0v) is 16.6. The van der Waals surface area contributed by atoms with E-state index in [0.29, 0.717) is 18.3 Å². The number of nitrogens with one attached hydrogen (secondary N) is 1. The summed E-state index contributed by atoms with van der Waals surface area (Å²) >= 11 is 0. The fourth-order valence-electron chi connectivity index (χ4n) is 3.05. The molecule has 1 atom stereocenters. The second-order valence-electron chi connectivity index (χ2n) is 6.99. The van der Waals surface area contributed by atoms with Gasteiger partial charge in [-0.2, -0.15) is 0 Å². The number of hydrogen-bond acceptors (Lipinski definition) is 5. The summed E-state index contributed by atoms with van der Waals surface area (Å²) in [6, 6.07) is 18.1. The van der Waals surface area contributed by atoms with Crippen LogP contribution in [0.5, 0.6) is 0 Å². The minimum atomic E-state index is -0.248. The van der Waals surface area contributed by atoms with Gasteiger partial charge in [0.25, 0.3) is 0 Å². The molecule has 6 heteroatoms. The van der Waals surface area contributed by atoms with Crippen molar-refractivity contribution in [3.63, 3.8) is 0 Å². The van der Waals surface area contributed by atoms with Crippen molar-refractivity contribution in [2.45, 2.75) is 25.7 Å². The number of aryl methyl sites for hydroxylation is 1. The summed E-state index contributed by atoms with van der Waals surface area (Å²) in [5.74, 6) is 0.687. The molecule has 0 saturated heterocycles. The van der Waals surface area contributed by atoms with Crippen LogP contribution < -0.4 is 10.2 Å². The highest BCUT2D eigenvalue weighted by molar-refractivity contribution is 5.77. The third-order valence-corrected chi connectivity index (χ3v) is 4.62. The Kier molecular flexibility index (Phi) is 6.42. The highest BCUT2D eigenvalue weighted by Gasteiger charge is 2.23. The van der Waals surface area contributed by atoms with E-state index in [9.17, 15) is 4.79 Å². The molecule has 2 aromatic carbocycles. The minimum Gasteiger partial charge on any atom is -0.425 e. The van der Waals surface area contributed by atoms with Gasteiger partial charge in [0, 0.05) is 39.7 Å². The lowest BCUT2D eigenvalue weighted by Crippen LogP contribution is -2.27. The van der Waals surface area contributed by atoms with Crippen molar-refractivity contribution in [1.29, 1.82) is 0 Å². The summed E-state index contributed by atoms with van der Waals surface area (Å²) in [5, 5.41) is 11.0. The lowest BCUT2D eigenvalue weighted by atomic mass is 9.95. The summed E-state index contributed by atoms with van der Waals surface area (Å²) in [7, 11) is 4.03. The van der Waals surface area contributed by atoms with Crippen molar-refractivity contribution in [1.82, 2.24) is 15.5 Å². The Morgan fingerprint density at radius 2 is 1.79 bits per heavy atom. The van der Waals surface area contributed by atoms with Gasteiger partial charge in [-0.05, 0) is 29.7 Å². The van der Waals surface area contributed by atoms with Crippen LogP contribution in [0.15, 0.2) is 59.0 Å². The molecule has 1 unspecified atom stereocenters. The van der Waals surface area contributed by atoms with E-state index in [0.717, 1.165) is 17.7 Å². The van der Waals surface area contributed by atoms with Crippen LogP contribution >= 0.6 is 0 Å². The molecule has 0 bridgehead atoms. The molecule has 0 aliphatic rings. The smallest absolute Gasteiger partial charge is 0.224 e. The van der Waals surface area contributed by atoms with Crippen LogP contribution in [-0.2, 0) is 11.2 Å². The van der Waals surface area contributed by atoms with Gasteiger partial charge in [-0.1, -0.05) is 42.5 Å². The van der Waals surface area contributed by atoms with Crippen LogP contribution in [0, 0.1) is 6.92 Å². The first-order valence-electron chi connectivity index (χ1n) is 9.41. The number of benzene rings is 2. The lowest BCUT2D eigenvalue weighted by molar-refractivity contribution is -0.121. The van der Waals surface area contributed by atoms with Gasteiger partial charge in [0.15, 0.2) is 0 Å². The first kappa shape index (κ1) is 19.6. The summed E-state index contributed by atoms with van der Waals surface area (Å²) in [6.45, 7) is 2.34. The summed E-state index contributed by atoms with van der Waals surface area (Å²) in [4.78, 5) is 14.6. The van der Waals surface area contributed by atoms with E-state index in [-0.39, 0.29) is 18.2 Å². The normalized spacial score (nSPS) is 11.8. The number of aromatic nitrogens is 2. The van der Waals surface area contributed by atoms with Gasteiger partial charge in [-0.3, -0.25) is 4.79 Å². The van der Waals surface area contributed by atoms with E-state index in [1.165, 1.54) is 5.56 Å². The molecular weight excluding hydrogens is 352 g/mol. The van der Waals surface area contributed by atoms with Gasteiger partial charge in [-0.15, -0.1) is 10.2 Å². The predicted molar refractivity (Wildman–Crippen MR) is 109 cm³/mol. The maximum Gasteiger partial charge on any atom is 0.224 e. The molecule has 28 heavy (non-hydrogen) atoms. The number of carbonyl (C=O) groups excluding carboxylic acids is 1. The third kappa shape index (κ3) is 5.19. The molecule has 3 rings (SSSR count). The molecule has 0 fully saturated rings. The van der Waals surface area contributed by atoms with E-state index < -0.39 is 0 Å². The zero-order valence-electron chi connectivity index (χ0n) is 16.6. The SMILES string of the molecule is Cc1nnc(C(CC(=O)NCCc2ccc(N(C)C)cc2)c2ccccc2)o1. The largest absolute Gasteiger partial charge is 0.425 e. The number of hydrogen-bond donors (Lipinski definition) is 1. The fraction of sp³-hybridized carbons (Fsp3) is 0.318. The molecule has 1 amide bonds. The average molecular weight is 378 g/mol. The molecule has 0 aliphatic heterocycles. The van der Waals surface area contributed by atoms with Crippen molar-refractivity contribution in [2.75, 3.05) is 25.5 Å². The Balaban J connectivity index is 1.58. The standard InChI is InChI=1S/C22H26N4O2/c1-16-24-25-22(28-16)20(18-7-5-4-6-8-18)15-21(27)23-14-13-17-9-11-19(12-10-17)26(2)3/h4-12,20H,13-15H2,1-3H3,(H,23,27). The summed E-state index contributed by atoms with van der Waals surface area (Å²) in [6.07, 6.45) is 1.06. The molecule has 0 aliphatic carbocycles. The minimum absolute atomic E-state index is 0.0328. The highest BCUT2D eigenvalue weighted by atomic mass is 16.4. The fourth-order valence-corrected chi connectivity index (χ4v) is 3.05. The zero-order chi connectivity index (χ0) is 19.9. The Bertz CT molecular complexity index is 888. The number of nitrogens with zero attached hydrogens (tertiary/aromatic N) is 3. The molecule has 0 spiro atoms.